The molecule has 0 aromatic heterocycles. The number of aliphatic hydroxyl groups excluding tert-OH is 1. The number of carbonyl (C=O) groups is 1. The molecule has 0 saturated carbocycles. The van der Waals surface area contributed by atoms with Crippen LogP contribution in [0.5, 0.6) is 0 Å². The van der Waals surface area contributed by atoms with Gasteiger partial charge in [0.05, 0.1) is 6.61 Å². The van der Waals surface area contributed by atoms with Crippen LogP contribution in [-0.2, 0) is 4.74 Å². The van der Waals surface area contributed by atoms with E-state index in [-0.39, 0.29) is 12.5 Å². The molecule has 0 radical (unpaired) electrons. The van der Waals surface area contributed by atoms with Crippen molar-refractivity contribution in [2.45, 2.75) is 38.3 Å². The first-order chi connectivity index (χ1) is 11.5. The Morgan fingerprint density at radius 2 is 2.12 bits per heavy atom. The summed E-state index contributed by atoms with van der Waals surface area (Å²) in [6, 6.07) is 8.72. The number of piperidine rings is 1. The second-order valence-corrected chi connectivity index (χ2v) is 6.47. The van der Waals surface area contributed by atoms with E-state index in [2.05, 4.69) is 11.8 Å². The zero-order valence-corrected chi connectivity index (χ0v) is 14.2. The average molecular weight is 331 g/mol. The molecule has 24 heavy (non-hydrogen) atoms. The number of hydrogen-bond donors (Lipinski definition) is 2. The fourth-order valence-corrected chi connectivity index (χ4v) is 2.97. The molecule has 0 spiro atoms. The van der Waals surface area contributed by atoms with Crippen molar-refractivity contribution >= 4 is 6.09 Å². The third-order valence-electron chi connectivity index (χ3n) is 3.99. The lowest BCUT2D eigenvalue weighted by Gasteiger charge is -2.44. The van der Waals surface area contributed by atoms with Crippen LogP contribution >= 0.6 is 0 Å². The Hall–Kier alpha value is -2.03. The van der Waals surface area contributed by atoms with Crippen molar-refractivity contribution in [3.63, 3.8) is 0 Å². The second-order valence-electron chi connectivity index (χ2n) is 6.47. The van der Waals surface area contributed by atoms with Crippen molar-refractivity contribution < 1.29 is 19.7 Å². The number of aliphatic hydroxyl groups is 2. The molecule has 2 rings (SSSR count). The molecule has 2 atom stereocenters. The van der Waals surface area contributed by atoms with Gasteiger partial charge in [-0.3, -0.25) is 4.90 Å². The molecule has 130 valence electrons. The number of rotatable bonds is 3. The highest BCUT2D eigenvalue weighted by molar-refractivity contribution is 5.69. The van der Waals surface area contributed by atoms with E-state index in [9.17, 15) is 9.90 Å². The lowest BCUT2D eigenvalue weighted by Crippen LogP contribution is -2.52. The Labute approximate surface area is 143 Å². The average Bonchev–Trinajstić information content (AvgIpc) is 2.58. The molecule has 1 fully saturated rings. The minimum atomic E-state index is -1.40. The van der Waals surface area contributed by atoms with E-state index in [0.717, 1.165) is 5.56 Å². The molecule has 1 saturated heterocycles. The van der Waals surface area contributed by atoms with Crippen LogP contribution in [0.4, 0.5) is 4.79 Å². The minimum Gasteiger partial charge on any atom is -0.449 e. The fourth-order valence-electron chi connectivity index (χ4n) is 2.97. The van der Waals surface area contributed by atoms with E-state index in [0.29, 0.717) is 26.0 Å². The first-order valence-electron chi connectivity index (χ1n) is 8.29. The third kappa shape index (κ3) is 4.28. The molecular formula is C19H25NO4. The smallest absolute Gasteiger partial charge is 0.410 e. The SMILES string of the molecule is CC(C)COC(=O)N1CCC[C@@](O)(C#CCO)[C@@H]1c1ccccc1. The van der Waals surface area contributed by atoms with Crippen molar-refractivity contribution in [1.82, 2.24) is 4.90 Å². The highest BCUT2D eigenvalue weighted by atomic mass is 16.6. The Morgan fingerprint density at radius 3 is 2.75 bits per heavy atom. The molecule has 1 aliphatic heterocycles. The van der Waals surface area contributed by atoms with Gasteiger partial charge in [0.2, 0.25) is 0 Å². The Balaban J connectivity index is 2.35. The number of hydrogen-bond acceptors (Lipinski definition) is 4. The van der Waals surface area contributed by atoms with Gasteiger partial charge in [0.15, 0.2) is 0 Å². The molecule has 1 amide bonds. The van der Waals surface area contributed by atoms with E-state index >= 15 is 0 Å². The van der Waals surface area contributed by atoms with Gasteiger partial charge in [-0.2, -0.15) is 0 Å². The van der Waals surface area contributed by atoms with E-state index in [1.807, 2.05) is 44.2 Å². The molecular weight excluding hydrogens is 306 g/mol. The standard InChI is InChI=1S/C19H25NO4/c1-15(2)14-24-18(22)20-12-6-10-19(23,11-7-13-21)17(20)16-8-4-3-5-9-16/h3-5,8-9,15,17,21,23H,6,10,12-14H2,1-2H3/t17-,19+/m0/s1. The van der Waals surface area contributed by atoms with Gasteiger partial charge in [0.1, 0.15) is 18.2 Å². The van der Waals surface area contributed by atoms with Gasteiger partial charge in [-0.15, -0.1) is 0 Å². The topological polar surface area (TPSA) is 70.0 Å². The maximum atomic E-state index is 12.5. The van der Waals surface area contributed by atoms with Crippen molar-refractivity contribution in [2.24, 2.45) is 5.92 Å². The van der Waals surface area contributed by atoms with E-state index in [4.69, 9.17) is 9.84 Å². The van der Waals surface area contributed by atoms with Crippen molar-refractivity contribution in [3.8, 4) is 11.8 Å². The highest BCUT2D eigenvalue weighted by Crippen LogP contribution is 2.39. The minimum absolute atomic E-state index is 0.238. The summed E-state index contributed by atoms with van der Waals surface area (Å²) in [4.78, 5) is 14.1. The summed E-state index contributed by atoms with van der Waals surface area (Å²) < 4.78 is 5.37. The number of nitrogens with zero attached hydrogens (tertiary/aromatic N) is 1. The molecule has 0 aliphatic carbocycles. The molecule has 2 N–H and O–H groups in total. The molecule has 1 aromatic carbocycles. The third-order valence-corrected chi connectivity index (χ3v) is 3.99. The van der Waals surface area contributed by atoms with Crippen molar-refractivity contribution in [1.29, 1.82) is 0 Å². The number of likely N-dealkylation sites (tertiary alicyclic amines) is 1. The van der Waals surface area contributed by atoms with Gasteiger partial charge in [0.25, 0.3) is 0 Å². The van der Waals surface area contributed by atoms with Crippen molar-refractivity contribution in [3.05, 3.63) is 35.9 Å². The fraction of sp³-hybridized carbons (Fsp3) is 0.526. The molecule has 1 heterocycles. The number of carbonyl (C=O) groups excluding carboxylic acids is 1. The molecule has 1 aliphatic rings. The highest BCUT2D eigenvalue weighted by Gasteiger charge is 2.45. The number of benzene rings is 1. The predicted molar refractivity (Wildman–Crippen MR) is 91.1 cm³/mol. The van der Waals surface area contributed by atoms with Gasteiger partial charge in [-0.25, -0.2) is 4.79 Å². The van der Waals surface area contributed by atoms with Gasteiger partial charge in [-0.05, 0) is 24.3 Å². The van der Waals surface area contributed by atoms with Crippen LogP contribution < -0.4 is 0 Å². The van der Waals surface area contributed by atoms with Gasteiger partial charge in [-0.1, -0.05) is 56.0 Å². The first kappa shape index (κ1) is 18.3. The predicted octanol–water partition coefficient (Wildman–Crippen LogP) is 2.34. The summed E-state index contributed by atoms with van der Waals surface area (Å²) in [6.07, 6.45) is 0.617. The van der Waals surface area contributed by atoms with E-state index in [1.54, 1.807) is 4.90 Å². The quantitative estimate of drug-likeness (QED) is 0.834. The van der Waals surface area contributed by atoms with Crippen LogP contribution in [0.15, 0.2) is 30.3 Å². The Kier molecular flexibility index (Phi) is 6.24. The summed E-state index contributed by atoms with van der Waals surface area (Å²) in [7, 11) is 0. The zero-order valence-electron chi connectivity index (χ0n) is 14.2. The molecule has 5 nitrogen and oxygen atoms in total. The van der Waals surface area contributed by atoms with Crippen molar-refractivity contribution in [2.75, 3.05) is 19.8 Å². The van der Waals surface area contributed by atoms with Crippen LogP contribution in [0.2, 0.25) is 0 Å². The van der Waals surface area contributed by atoms with Crippen LogP contribution in [0, 0.1) is 17.8 Å². The lowest BCUT2D eigenvalue weighted by atomic mass is 9.81. The van der Waals surface area contributed by atoms with E-state index in [1.165, 1.54) is 0 Å². The van der Waals surface area contributed by atoms with Crippen LogP contribution in [0.3, 0.4) is 0 Å². The maximum absolute atomic E-state index is 12.5. The van der Waals surface area contributed by atoms with Crippen LogP contribution in [0.1, 0.15) is 38.3 Å². The maximum Gasteiger partial charge on any atom is 0.410 e. The normalized spacial score (nSPS) is 23.5. The summed E-state index contributed by atoms with van der Waals surface area (Å²) in [5.74, 6) is 5.53. The van der Waals surface area contributed by atoms with Crippen LogP contribution in [-0.4, -0.2) is 46.6 Å². The molecule has 5 heteroatoms. The molecule has 0 bridgehead atoms. The lowest BCUT2D eigenvalue weighted by molar-refractivity contribution is -0.0395. The summed E-state index contributed by atoms with van der Waals surface area (Å²) in [5, 5.41) is 20.1. The number of amides is 1. The summed E-state index contributed by atoms with van der Waals surface area (Å²) in [5.41, 5.74) is -0.604. The monoisotopic (exact) mass is 331 g/mol. The Bertz CT molecular complexity index is 605. The molecule has 1 aromatic rings. The van der Waals surface area contributed by atoms with Gasteiger partial charge < -0.3 is 14.9 Å². The van der Waals surface area contributed by atoms with Crippen LogP contribution in [0.25, 0.3) is 0 Å². The van der Waals surface area contributed by atoms with E-state index < -0.39 is 17.7 Å². The Morgan fingerprint density at radius 1 is 1.42 bits per heavy atom. The largest absolute Gasteiger partial charge is 0.449 e. The van der Waals surface area contributed by atoms with Gasteiger partial charge >= 0.3 is 6.09 Å². The second kappa shape index (κ2) is 8.18. The zero-order chi connectivity index (χ0) is 17.6. The first-order valence-corrected chi connectivity index (χ1v) is 8.29. The molecule has 0 unspecified atom stereocenters. The summed E-state index contributed by atoms with van der Waals surface area (Å²) in [6.45, 7) is 4.45. The van der Waals surface area contributed by atoms with Gasteiger partial charge in [0, 0.05) is 6.54 Å². The number of ether oxygens (including phenoxy) is 1. The summed E-state index contributed by atoms with van der Waals surface area (Å²) >= 11 is 0.